The van der Waals surface area contributed by atoms with Gasteiger partial charge in [-0.05, 0) is 30.9 Å². The molecule has 0 bridgehead atoms. The van der Waals surface area contributed by atoms with E-state index in [0.717, 1.165) is 18.4 Å². The van der Waals surface area contributed by atoms with Crippen LogP contribution >= 0.6 is 0 Å². The van der Waals surface area contributed by atoms with E-state index in [9.17, 15) is 8.42 Å². The predicted octanol–water partition coefficient (Wildman–Crippen LogP) is 2.98. The maximum atomic E-state index is 12.8. The Labute approximate surface area is 137 Å². The van der Waals surface area contributed by atoms with Gasteiger partial charge in [0.25, 0.3) is 0 Å². The van der Waals surface area contributed by atoms with Crippen molar-refractivity contribution >= 4 is 10.0 Å². The van der Waals surface area contributed by atoms with Crippen molar-refractivity contribution in [1.82, 2.24) is 14.9 Å². The summed E-state index contributed by atoms with van der Waals surface area (Å²) in [6.07, 6.45) is 3.09. The van der Waals surface area contributed by atoms with Crippen molar-refractivity contribution < 1.29 is 8.42 Å². The number of hydrogen-bond acceptors (Lipinski definition) is 3. The molecule has 5 nitrogen and oxygen atoms in total. The Kier molecular flexibility index (Phi) is 3.84. The molecule has 0 spiro atoms. The number of benzene rings is 1. The highest BCUT2D eigenvalue weighted by molar-refractivity contribution is 7.89. The molecule has 3 rings (SSSR count). The summed E-state index contributed by atoms with van der Waals surface area (Å²) in [5.74, 6) is 0. The Balaban J connectivity index is 1.91. The van der Waals surface area contributed by atoms with Crippen LogP contribution in [0.2, 0.25) is 0 Å². The van der Waals surface area contributed by atoms with Gasteiger partial charge in [-0.15, -0.1) is 0 Å². The van der Waals surface area contributed by atoms with E-state index in [1.165, 1.54) is 17.3 Å². The first kappa shape index (κ1) is 16.2. The molecule has 0 radical (unpaired) electrons. The number of aromatic nitrogens is 2. The number of hydrogen-bond donors (Lipinski definition) is 2. The number of nitrogens with zero attached hydrogens (tertiary/aromatic N) is 1. The second-order valence-corrected chi connectivity index (χ2v) is 8.96. The molecule has 1 aromatic carbocycles. The van der Waals surface area contributed by atoms with Crippen molar-refractivity contribution in [2.75, 3.05) is 0 Å². The Morgan fingerprint density at radius 2 is 2.04 bits per heavy atom. The van der Waals surface area contributed by atoms with E-state index in [2.05, 4.69) is 27.9 Å². The van der Waals surface area contributed by atoms with Gasteiger partial charge < -0.3 is 0 Å². The van der Waals surface area contributed by atoms with Gasteiger partial charge in [0.05, 0.1) is 11.9 Å². The molecule has 0 amide bonds. The van der Waals surface area contributed by atoms with Crippen molar-refractivity contribution in [3.63, 3.8) is 0 Å². The monoisotopic (exact) mass is 333 g/mol. The molecule has 23 heavy (non-hydrogen) atoms. The second kappa shape index (κ2) is 5.46. The summed E-state index contributed by atoms with van der Waals surface area (Å²) >= 11 is 0. The molecule has 2 N–H and O–H groups in total. The Bertz CT molecular complexity index is 832. The minimum Gasteiger partial charge on any atom is -0.281 e. The number of aryl methyl sites for hydroxylation is 2. The van der Waals surface area contributed by atoms with Crippen LogP contribution in [0, 0.1) is 6.92 Å². The van der Waals surface area contributed by atoms with Gasteiger partial charge in [0.2, 0.25) is 10.0 Å². The molecule has 1 atom stereocenters. The van der Waals surface area contributed by atoms with Gasteiger partial charge in [-0.3, -0.25) is 5.10 Å². The fourth-order valence-electron chi connectivity index (χ4n) is 3.14. The molecule has 1 unspecified atom stereocenters. The van der Waals surface area contributed by atoms with Gasteiger partial charge in [-0.2, -0.15) is 5.10 Å². The van der Waals surface area contributed by atoms with Crippen molar-refractivity contribution in [2.24, 2.45) is 0 Å². The fraction of sp³-hybridized carbons (Fsp3) is 0.471. The van der Waals surface area contributed by atoms with E-state index in [0.29, 0.717) is 5.69 Å². The third-order valence-electron chi connectivity index (χ3n) is 4.32. The third kappa shape index (κ3) is 3.05. The number of sulfonamides is 1. The Morgan fingerprint density at radius 3 is 2.74 bits per heavy atom. The fourth-order valence-corrected chi connectivity index (χ4v) is 4.69. The highest BCUT2D eigenvalue weighted by Gasteiger charge is 2.32. The van der Waals surface area contributed by atoms with Crippen molar-refractivity contribution in [3.05, 3.63) is 46.8 Å². The number of nitrogens with one attached hydrogen (secondary N) is 2. The largest absolute Gasteiger partial charge is 0.281 e. The first-order valence-corrected chi connectivity index (χ1v) is 9.32. The number of H-pyrrole nitrogens is 1. The summed E-state index contributed by atoms with van der Waals surface area (Å²) in [5, 5.41) is 6.78. The number of rotatable bonds is 3. The van der Waals surface area contributed by atoms with Gasteiger partial charge in [0.15, 0.2) is 0 Å². The van der Waals surface area contributed by atoms with Gasteiger partial charge >= 0.3 is 0 Å². The van der Waals surface area contributed by atoms with Gasteiger partial charge in [0, 0.05) is 11.5 Å². The van der Waals surface area contributed by atoms with Gasteiger partial charge in [-0.25, -0.2) is 13.1 Å². The van der Waals surface area contributed by atoms with E-state index < -0.39 is 10.0 Å². The van der Waals surface area contributed by atoms with Crippen molar-refractivity contribution in [2.45, 2.75) is 56.9 Å². The SMILES string of the molecule is Cc1ccc2c(c1)CCC2NS(=O)(=O)c1cn[nH]c1C(C)(C)C. The van der Waals surface area contributed by atoms with Crippen LogP contribution in [0.25, 0.3) is 0 Å². The zero-order chi connectivity index (χ0) is 16.8. The van der Waals surface area contributed by atoms with Crippen LogP contribution < -0.4 is 4.72 Å². The maximum Gasteiger partial charge on any atom is 0.244 e. The number of fused-ring (bicyclic) bond motifs is 1. The maximum absolute atomic E-state index is 12.8. The van der Waals surface area contributed by atoms with Crippen molar-refractivity contribution in [3.8, 4) is 0 Å². The second-order valence-electron chi connectivity index (χ2n) is 7.27. The zero-order valence-electron chi connectivity index (χ0n) is 14.0. The minimum absolute atomic E-state index is 0.168. The highest BCUT2D eigenvalue weighted by Crippen LogP contribution is 2.34. The molecule has 0 saturated heterocycles. The van der Waals surface area contributed by atoms with E-state index in [1.54, 1.807) is 0 Å². The summed E-state index contributed by atoms with van der Waals surface area (Å²) < 4.78 is 28.5. The first-order valence-electron chi connectivity index (χ1n) is 7.84. The van der Waals surface area contributed by atoms with Crippen molar-refractivity contribution in [1.29, 1.82) is 0 Å². The summed E-state index contributed by atoms with van der Waals surface area (Å²) in [6, 6.07) is 6.04. The van der Waals surface area contributed by atoms with E-state index in [4.69, 9.17) is 0 Å². The van der Waals surface area contributed by atoms with Crippen LogP contribution in [0.15, 0.2) is 29.3 Å². The Hall–Kier alpha value is -1.66. The lowest BCUT2D eigenvalue weighted by atomic mass is 9.92. The van der Waals surface area contributed by atoms with Gasteiger partial charge in [-0.1, -0.05) is 44.5 Å². The van der Waals surface area contributed by atoms with Crippen LogP contribution in [-0.2, 0) is 21.9 Å². The quantitative estimate of drug-likeness (QED) is 0.907. The summed E-state index contributed by atoms with van der Waals surface area (Å²) in [4.78, 5) is 0.241. The van der Waals surface area contributed by atoms with Gasteiger partial charge in [0.1, 0.15) is 4.90 Å². The molecule has 1 heterocycles. The van der Waals surface area contributed by atoms with E-state index >= 15 is 0 Å². The zero-order valence-corrected chi connectivity index (χ0v) is 14.8. The molecule has 0 saturated carbocycles. The number of aromatic amines is 1. The van der Waals surface area contributed by atoms with E-state index in [1.807, 2.05) is 32.9 Å². The molecule has 1 aliphatic carbocycles. The first-order chi connectivity index (χ1) is 10.7. The molecule has 124 valence electrons. The smallest absolute Gasteiger partial charge is 0.244 e. The third-order valence-corrected chi connectivity index (χ3v) is 5.80. The molecular formula is C17H23N3O2S. The van der Waals surface area contributed by atoms with Crippen LogP contribution in [0.4, 0.5) is 0 Å². The molecule has 2 aromatic rings. The topological polar surface area (TPSA) is 74.8 Å². The summed E-state index contributed by atoms with van der Waals surface area (Å²) in [5.41, 5.74) is 3.84. The Morgan fingerprint density at radius 1 is 1.30 bits per heavy atom. The highest BCUT2D eigenvalue weighted by atomic mass is 32.2. The average molecular weight is 333 g/mol. The standard InChI is InChI=1S/C17H23N3O2S/c1-11-5-7-13-12(9-11)6-8-14(13)20-23(21,22)15-10-18-19-16(15)17(2,3)4/h5,7,9-10,14,20H,6,8H2,1-4H3,(H,18,19). The molecule has 0 fully saturated rings. The molecule has 0 aliphatic heterocycles. The van der Waals surface area contributed by atoms with Crippen LogP contribution in [0.5, 0.6) is 0 Å². The van der Waals surface area contributed by atoms with E-state index in [-0.39, 0.29) is 16.4 Å². The lowest BCUT2D eigenvalue weighted by Crippen LogP contribution is -2.29. The minimum atomic E-state index is -3.61. The molecule has 1 aliphatic rings. The summed E-state index contributed by atoms with van der Waals surface area (Å²) in [7, 11) is -3.61. The van der Waals surface area contributed by atoms with Crippen LogP contribution in [-0.4, -0.2) is 18.6 Å². The molecule has 6 heteroatoms. The lowest BCUT2D eigenvalue weighted by molar-refractivity contribution is 0.532. The predicted molar refractivity (Wildman–Crippen MR) is 89.9 cm³/mol. The summed E-state index contributed by atoms with van der Waals surface area (Å²) in [6.45, 7) is 7.95. The average Bonchev–Trinajstić information content (AvgIpc) is 3.05. The molecular weight excluding hydrogens is 310 g/mol. The van der Waals surface area contributed by atoms with Crippen LogP contribution in [0.3, 0.4) is 0 Å². The van der Waals surface area contributed by atoms with Crippen LogP contribution in [0.1, 0.15) is 55.6 Å². The normalized spacial score (nSPS) is 18.2. The molecule has 1 aromatic heterocycles. The lowest BCUT2D eigenvalue weighted by Gasteiger charge is -2.20.